The fraction of sp³-hybridized carbons (Fsp3) is 0.286. The van der Waals surface area contributed by atoms with E-state index in [1.54, 1.807) is 12.1 Å². The van der Waals surface area contributed by atoms with Crippen molar-refractivity contribution < 1.29 is 18.1 Å². The molecule has 0 aliphatic carbocycles. The van der Waals surface area contributed by atoms with Crippen molar-refractivity contribution in [2.45, 2.75) is 18.8 Å². The van der Waals surface area contributed by atoms with E-state index in [0.29, 0.717) is 36.1 Å². The fourth-order valence-electron chi connectivity index (χ4n) is 3.43. The van der Waals surface area contributed by atoms with Crippen LogP contribution in [0.4, 0.5) is 14.5 Å². The molecule has 9 heteroatoms. The number of benzene rings is 2. The lowest BCUT2D eigenvalue weighted by Gasteiger charge is -2.29. The Morgan fingerprint density at radius 2 is 1.90 bits per heavy atom. The Morgan fingerprint density at radius 1 is 1.17 bits per heavy atom. The quantitative estimate of drug-likeness (QED) is 0.643. The third kappa shape index (κ3) is 4.83. The average Bonchev–Trinajstić information content (AvgIpc) is 3.22. The number of nitrogens with zero attached hydrogens (tertiary/aromatic N) is 3. The van der Waals surface area contributed by atoms with E-state index in [1.807, 2.05) is 4.90 Å². The molecule has 0 spiro atoms. The van der Waals surface area contributed by atoms with Gasteiger partial charge in [-0.05, 0) is 68.4 Å². The summed E-state index contributed by atoms with van der Waals surface area (Å²) in [6.07, 6.45) is 1.56. The highest BCUT2D eigenvalue weighted by molar-refractivity contribution is 6.31. The highest BCUT2D eigenvalue weighted by Gasteiger charge is 2.26. The number of carbonyl (C=O) groups is 1. The first-order valence-electron chi connectivity index (χ1n) is 9.55. The Morgan fingerprint density at radius 3 is 2.60 bits per heavy atom. The Bertz CT molecular complexity index is 1030. The van der Waals surface area contributed by atoms with Crippen molar-refractivity contribution >= 4 is 23.2 Å². The summed E-state index contributed by atoms with van der Waals surface area (Å²) in [7, 11) is 0. The second-order valence-corrected chi connectivity index (χ2v) is 7.60. The van der Waals surface area contributed by atoms with Gasteiger partial charge >= 0.3 is 0 Å². The maximum absolute atomic E-state index is 13.2. The fourth-order valence-corrected chi connectivity index (χ4v) is 3.61. The maximum Gasteiger partial charge on any atom is 0.238 e. The molecule has 2 heterocycles. The number of rotatable bonds is 5. The Hall–Kier alpha value is -2.84. The van der Waals surface area contributed by atoms with Crippen LogP contribution in [0.15, 0.2) is 47.0 Å². The van der Waals surface area contributed by atoms with Crippen LogP contribution in [0.3, 0.4) is 0 Å². The van der Waals surface area contributed by atoms with Gasteiger partial charge in [-0.2, -0.15) is 4.98 Å². The largest absolute Gasteiger partial charge is 0.339 e. The summed E-state index contributed by atoms with van der Waals surface area (Å²) in [6, 6.07) is 10.0. The standard InChI is InChI=1S/C21H19ClF2N4O2/c22-17-11-16(5-6-18(17)24)25-19(29)12-28-9-7-14(8-10-28)21-26-20(27-30-21)13-1-3-15(23)4-2-13/h1-6,11,14H,7-10,12H2,(H,25,29). The second kappa shape index (κ2) is 8.89. The zero-order valence-electron chi connectivity index (χ0n) is 15.9. The smallest absolute Gasteiger partial charge is 0.238 e. The summed E-state index contributed by atoms with van der Waals surface area (Å²) in [4.78, 5) is 18.7. The van der Waals surface area contributed by atoms with Crippen molar-refractivity contribution in [1.29, 1.82) is 0 Å². The van der Waals surface area contributed by atoms with Crippen LogP contribution >= 0.6 is 11.6 Å². The summed E-state index contributed by atoms with van der Waals surface area (Å²) < 4.78 is 31.7. The van der Waals surface area contributed by atoms with Gasteiger partial charge in [0.25, 0.3) is 0 Å². The van der Waals surface area contributed by atoms with Gasteiger partial charge in [-0.1, -0.05) is 16.8 Å². The third-order valence-electron chi connectivity index (χ3n) is 5.05. The first-order chi connectivity index (χ1) is 14.5. The number of hydrogen-bond acceptors (Lipinski definition) is 5. The molecule has 0 radical (unpaired) electrons. The van der Waals surface area contributed by atoms with Crippen LogP contribution in [0.1, 0.15) is 24.7 Å². The number of nitrogens with one attached hydrogen (secondary N) is 1. The minimum absolute atomic E-state index is 0.0341. The molecular formula is C21H19ClF2N4O2. The molecule has 6 nitrogen and oxygen atoms in total. The topological polar surface area (TPSA) is 71.3 Å². The predicted molar refractivity (Wildman–Crippen MR) is 108 cm³/mol. The molecule has 0 unspecified atom stereocenters. The summed E-state index contributed by atoms with van der Waals surface area (Å²) >= 11 is 5.74. The highest BCUT2D eigenvalue weighted by Crippen LogP contribution is 2.28. The zero-order chi connectivity index (χ0) is 21.1. The monoisotopic (exact) mass is 432 g/mol. The lowest BCUT2D eigenvalue weighted by molar-refractivity contribution is -0.117. The first kappa shape index (κ1) is 20.4. The molecule has 0 atom stereocenters. The van der Waals surface area contributed by atoms with E-state index >= 15 is 0 Å². The summed E-state index contributed by atoms with van der Waals surface area (Å²) in [5.74, 6) is 0.0697. The van der Waals surface area contributed by atoms with Gasteiger partial charge in [0.2, 0.25) is 17.6 Å². The van der Waals surface area contributed by atoms with Gasteiger partial charge in [0.15, 0.2) is 0 Å². The van der Waals surface area contributed by atoms with Crippen LogP contribution in [0, 0.1) is 11.6 Å². The van der Waals surface area contributed by atoms with Crippen molar-refractivity contribution in [1.82, 2.24) is 15.0 Å². The predicted octanol–water partition coefficient (Wildman–Crippen LogP) is 4.49. The van der Waals surface area contributed by atoms with Crippen LogP contribution < -0.4 is 5.32 Å². The van der Waals surface area contributed by atoms with E-state index in [2.05, 4.69) is 15.5 Å². The molecule has 156 valence electrons. The summed E-state index contributed by atoms with van der Waals surface area (Å²) in [5.41, 5.74) is 1.15. The van der Waals surface area contributed by atoms with E-state index in [9.17, 15) is 13.6 Å². The number of carbonyl (C=O) groups excluding carboxylic acids is 1. The van der Waals surface area contributed by atoms with Crippen LogP contribution in [0.2, 0.25) is 5.02 Å². The Balaban J connectivity index is 1.29. The molecule has 0 saturated carbocycles. The highest BCUT2D eigenvalue weighted by atomic mass is 35.5. The van der Waals surface area contributed by atoms with Crippen molar-refractivity contribution in [3.8, 4) is 11.4 Å². The van der Waals surface area contributed by atoms with Crippen LogP contribution in [0.25, 0.3) is 11.4 Å². The van der Waals surface area contributed by atoms with Gasteiger partial charge in [-0.25, -0.2) is 8.78 Å². The van der Waals surface area contributed by atoms with E-state index in [0.717, 1.165) is 12.8 Å². The van der Waals surface area contributed by atoms with Crippen molar-refractivity contribution in [2.75, 3.05) is 25.0 Å². The lowest BCUT2D eigenvalue weighted by atomic mass is 9.97. The lowest BCUT2D eigenvalue weighted by Crippen LogP contribution is -2.38. The number of hydrogen-bond donors (Lipinski definition) is 1. The molecule has 4 rings (SSSR count). The van der Waals surface area contributed by atoms with Gasteiger partial charge in [0.1, 0.15) is 11.6 Å². The second-order valence-electron chi connectivity index (χ2n) is 7.19. The zero-order valence-corrected chi connectivity index (χ0v) is 16.7. The van der Waals surface area contributed by atoms with Crippen molar-refractivity contribution in [2.24, 2.45) is 0 Å². The molecular weight excluding hydrogens is 414 g/mol. The average molecular weight is 433 g/mol. The van der Waals surface area contributed by atoms with E-state index < -0.39 is 5.82 Å². The molecule has 1 amide bonds. The van der Waals surface area contributed by atoms with Crippen LogP contribution in [-0.2, 0) is 4.79 Å². The molecule has 1 N–H and O–H groups in total. The van der Waals surface area contributed by atoms with E-state index in [-0.39, 0.29) is 29.2 Å². The minimum Gasteiger partial charge on any atom is -0.339 e. The molecule has 0 bridgehead atoms. The third-order valence-corrected chi connectivity index (χ3v) is 5.34. The first-order valence-corrected chi connectivity index (χ1v) is 9.92. The van der Waals surface area contributed by atoms with E-state index in [1.165, 1.54) is 30.3 Å². The molecule has 1 aliphatic rings. The number of anilines is 1. The number of halogens is 3. The van der Waals surface area contributed by atoms with Gasteiger partial charge in [-0.3, -0.25) is 9.69 Å². The van der Waals surface area contributed by atoms with Gasteiger partial charge in [-0.15, -0.1) is 0 Å². The SMILES string of the molecule is O=C(CN1CCC(c2nc(-c3ccc(F)cc3)no2)CC1)Nc1ccc(F)c(Cl)c1. The molecule has 1 aromatic heterocycles. The Kier molecular flexibility index (Phi) is 6.06. The summed E-state index contributed by atoms with van der Waals surface area (Å²) in [5, 5.41) is 6.69. The Labute approximate surface area is 176 Å². The molecule has 1 fully saturated rings. The molecule has 2 aromatic carbocycles. The van der Waals surface area contributed by atoms with Crippen LogP contribution in [-0.4, -0.2) is 40.6 Å². The number of likely N-dealkylation sites (tertiary alicyclic amines) is 1. The van der Waals surface area contributed by atoms with Gasteiger partial charge < -0.3 is 9.84 Å². The summed E-state index contributed by atoms with van der Waals surface area (Å²) in [6.45, 7) is 1.64. The minimum atomic E-state index is -0.527. The van der Waals surface area contributed by atoms with E-state index in [4.69, 9.17) is 16.1 Å². The van der Waals surface area contributed by atoms with Gasteiger partial charge in [0, 0.05) is 17.2 Å². The van der Waals surface area contributed by atoms with Crippen LogP contribution in [0.5, 0.6) is 0 Å². The van der Waals surface area contributed by atoms with Crippen molar-refractivity contribution in [3.05, 3.63) is 65.0 Å². The molecule has 30 heavy (non-hydrogen) atoms. The number of aromatic nitrogens is 2. The van der Waals surface area contributed by atoms with Gasteiger partial charge in [0.05, 0.1) is 11.6 Å². The number of piperidine rings is 1. The molecule has 1 aliphatic heterocycles. The maximum atomic E-state index is 13.2. The molecule has 3 aromatic rings. The normalized spacial score (nSPS) is 15.3. The number of amides is 1. The molecule has 1 saturated heterocycles. The van der Waals surface area contributed by atoms with Crippen molar-refractivity contribution in [3.63, 3.8) is 0 Å².